The monoisotopic (exact) mass is 358 g/mol. The number of aromatic nitrogens is 3. The second-order valence-electron chi connectivity index (χ2n) is 5.20. The van der Waals surface area contributed by atoms with Gasteiger partial charge in [0.05, 0.1) is 11.9 Å². The SMILES string of the molecule is NC(=O)c1c(Nc2ccc(Cl)nc2)n[nH]c1NCc1ccc(O)cc1. The van der Waals surface area contributed by atoms with Crippen LogP contribution in [0.15, 0.2) is 42.6 Å². The number of aromatic amines is 1. The third-order valence-electron chi connectivity index (χ3n) is 3.41. The molecule has 6 N–H and O–H groups in total. The predicted molar refractivity (Wildman–Crippen MR) is 95.1 cm³/mol. The van der Waals surface area contributed by atoms with Gasteiger partial charge in [0.2, 0.25) is 0 Å². The van der Waals surface area contributed by atoms with Gasteiger partial charge in [-0.1, -0.05) is 23.7 Å². The summed E-state index contributed by atoms with van der Waals surface area (Å²) in [6.45, 7) is 0.421. The number of pyridine rings is 1. The van der Waals surface area contributed by atoms with Crippen LogP contribution < -0.4 is 16.4 Å². The third-order valence-corrected chi connectivity index (χ3v) is 3.63. The van der Waals surface area contributed by atoms with Gasteiger partial charge in [0, 0.05) is 6.54 Å². The molecule has 0 saturated carbocycles. The molecule has 8 nitrogen and oxygen atoms in total. The van der Waals surface area contributed by atoms with Gasteiger partial charge >= 0.3 is 0 Å². The van der Waals surface area contributed by atoms with Crippen LogP contribution in [0.5, 0.6) is 5.75 Å². The van der Waals surface area contributed by atoms with Gasteiger partial charge in [0.25, 0.3) is 5.91 Å². The molecule has 0 aliphatic heterocycles. The minimum Gasteiger partial charge on any atom is -0.508 e. The molecule has 0 bridgehead atoms. The van der Waals surface area contributed by atoms with E-state index >= 15 is 0 Å². The zero-order valence-electron chi connectivity index (χ0n) is 13.0. The Morgan fingerprint density at radius 3 is 2.64 bits per heavy atom. The normalized spacial score (nSPS) is 10.4. The number of amides is 1. The number of carbonyl (C=O) groups is 1. The fraction of sp³-hybridized carbons (Fsp3) is 0.0625. The summed E-state index contributed by atoms with van der Waals surface area (Å²) in [5, 5.41) is 22.5. The zero-order chi connectivity index (χ0) is 17.8. The van der Waals surface area contributed by atoms with E-state index in [0.29, 0.717) is 23.2 Å². The number of H-pyrrole nitrogens is 1. The highest BCUT2D eigenvalue weighted by Gasteiger charge is 2.18. The summed E-state index contributed by atoms with van der Waals surface area (Å²) in [6, 6.07) is 10.0. The number of carbonyl (C=O) groups excluding carboxylic acids is 1. The minimum atomic E-state index is -0.633. The molecule has 3 aromatic rings. The molecule has 0 fully saturated rings. The van der Waals surface area contributed by atoms with Crippen LogP contribution in [-0.2, 0) is 6.54 Å². The first kappa shape index (κ1) is 16.6. The fourth-order valence-electron chi connectivity index (χ4n) is 2.19. The molecule has 0 aliphatic carbocycles. The Hall–Kier alpha value is -3.26. The second kappa shape index (κ2) is 7.10. The van der Waals surface area contributed by atoms with Crippen LogP contribution in [-0.4, -0.2) is 26.2 Å². The van der Waals surface area contributed by atoms with E-state index in [4.69, 9.17) is 17.3 Å². The number of primary amides is 1. The fourth-order valence-corrected chi connectivity index (χ4v) is 2.30. The average molecular weight is 359 g/mol. The van der Waals surface area contributed by atoms with Gasteiger partial charge in [0.15, 0.2) is 5.82 Å². The number of nitrogens with one attached hydrogen (secondary N) is 3. The lowest BCUT2D eigenvalue weighted by Gasteiger charge is -2.07. The molecule has 128 valence electrons. The Morgan fingerprint density at radius 1 is 1.24 bits per heavy atom. The first-order valence-electron chi connectivity index (χ1n) is 7.31. The maximum Gasteiger partial charge on any atom is 0.256 e. The lowest BCUT2D eigenvalue weighted by molar-refractivity contribution is 0.100. The van der Waals surface area contributed by atoms with Gasteiger partial charge < -0.3 is 21.5 Å². The average Bonchev–Trinajstić information content (AvgIpc) is 2.99. The number of aromatic hydroxyl groups is 1. The Balaban J connectivity index is 1.78. The van der Waals surface area contributed by atoms with Gasteiger partial charge in [-0.05, 0) is 29.8 Å². The number of phenolic OH excluding ortho intramolecular Hbond substituents is 1. The molecular weight excluding hydrogens is 344 g/mol. The van der Waals surface area contributed by atoms with Crippen molar-refractivity contribution < 1.29 is 9.90 Å². The Kier molecular flexibility index (Phi) is 4.71. The van der Waals surface area contributed by atoms with Crippen molar-refractivity contribution in [3.8, 4) is 5.75 Å². The Bertz CT molecular complexity index is 877. The Morgan fingerprint density at radius 2 is 2.00 bits per heavy atom. The maximum absolute atomic E-state index is 11.8. The molecule has 0 saturated heterocycles. The summed E-state index contributed by atoms with van der Waals surface area (Å²) in [6.07, 6.45) is 1.52. The summed E-state index contributed by atoms with van der Waals surface area (Å²) in [5.74, 6) is 0.229. The molecule has 9 heteroatoms. The molecule has 25 heavy (non-hydrogen) atoms. The number of nitrogens with two attached hydrogens (primary N) is 1. The van der Waals surface area contributed by atoms with Crippen molar-refractivity contribution in [2.75, 3.05) is 10.6 Å². The first-order valence-corrected chi connectivity index (χ1v) is 7.69. The number of hydrogen-bond acceptors (Lipinski definition) is 6. The van der Waals surface area contributed by atoms with Crippen LogP contribution in [0.2, 0.25) is 5.15 Å². The molecule has 0 spiro atoms. The number of phenols is 1. The van der Waals surface area contributed by atoms with Crippen molar-refractivity contribution >= 4 is 34.8 Å². The van der Waals surface area contributed by atoms with E-state index in [1.165, 1.54) is 6.20 Å². The van der Waals surface area contributed by atoms with Crippen molar-refractivity contribution in [2.24, 2.45) is 5.73 Å². The van der Waals surface area contributed by atoms with Crippen molar-refractivity contribution in [1.29, 1.82) is 0 Å². The van der Waals surface area contributed by atoms with Gasteiger partial charge in [-0.2, -0.15) is 5.10 Å². The van der Waals surface area contributed by atoms with E-state index in [1.54, 1.807) is 36.4 Å². The van der Waals surface area contributed by atoms with E-state index < -0.39 is 5.91 Å². The number of benzene rings is 1. The largest absolute Gasteiger partial charge is 0.508 e. The second-order valence-corrected chi connectivity index (χ2v) is 5.59. The number of anilines is 3. The van der Waals surface area contributed by atoms with Crippen LogP contribution in [0.4, 0.5) is 17.3 Å². The first-order chi connectivity index (χ1) is 12.0. The van der Waals surface area contributed by atoms with Gasteiger partial charge in [-0.3, -0.25) is 9.89 Å². The standard InChI is InChI=1S/C16H15ClN6O2/c17-12-6-3-10(8-19-12)21-16-13(14(18)25)15(22-23-16)20-7-9-1-4-11(24)5-2-9/h1-6,8,24H,7H2,(H2,18,25)(H3,20,21,22,23). The highest BCUT2D eigenvalue weighted by Crippen LogP contribution is 2.25. The van der Waals surface area contributed by atoms with Crippen molar-refractivity contribution in [2.45, 2.75) is 6.54 Å². The van der Waals surface area contributed by atoms with Gasteiger partial charge in [-0.15, -0.1) is 0 Å². The number of halogens is 1. The molecule has 1 amide bonds. The van der Waals surface area contributed by atoms with Crippen LogP contribution in [0.25, 0.3) is 0 Å². The molecule has 0 unspecified atom stereocenters. The van der Waals surface area contributed by atoms with Crippen LogP contribution in [0.3, 0.4) is 0 Å². The lowest BCUT2D eigenvalue weighted by Crippen LogP contribution is -2.15. The predicted octanol–water partition coefficient (Wildman–Crippen LogP) is 2.62. The summed E-state index contributed by atoms with van der Waals surface area (Å²) >= 11 is 5.75. The van der Waals surface area contributed by atoms with Crippen molar-refractivity contribution in [3.63, 3.8) is 0 Å². The van der Waals surface area contributed by atoms with Crippen LogP contribution in [0, 0.1) is 0 Å². The third kappa shape index (κ3) is 3.99. The number of hydrogen-bond donors (Lipinski definition) is 5. The minimum absolute atomic E-state index is 0.186. The Labute approximate surface area is 148 Å². The summed E-state index contributed by atoms with van der Waals surface area (Å²) in [4.78, 5) is 15.8. The van der Waals surface area contributed by atoms with Gasteiger partial charge in [0.1, 0.15) is 22.3 Å². The molecule has 0 radical (unpaired) electrons. The number of rotatable bonds is 6. The highest BCUT2D eigenvalue weighted by atomic mass is 35.5. The van der Waals surface area contributed by atoms with Crippen LogP contribution >= 0.6 is 11.6 Å². The van der Waals surface area contributed by atoms with E-state index in [1.807, 2.05) is 0 Å². The molecule has 0 atom stereocenters. The van der Waals surface area contributed by atoms with E-state index in [-0.39, 0.29) is 17.1 Å². The summed E-state index contributed by atoms with van der Waals surface area (Å²) in [7, 11) is 0. The number of nitrogens with zero attached hydrogens (tertiary/aromatic N) is 2. The maximum atomic E-state index is 11.8. The summed E-state index contributed by atoms with van der Waals surface area (Å²) < 4.78 is 0. The molecule has 2 aromatic heterocycles. The lowest BCUT2D eigenvalue weighted by atomic mass is 10.2. The van der Waals surface area contributed by atoms with E-state index in [2.05, 4.69) is 25.8 Å². The van der Waals surface area contributed by atoms with E-state index in [0.717, 1.165) is 5.56 Å². The van der Waals surface area contributed by atoms with E-state index in [9.17, 15) is 9.90 Å². The smallest absolute Gasteiger partial charge is 0.256 e. The van der Waals surface area contributed by atoms with Crippen molar-refractivity contribution in [1.82, 2.24) is 15.2 Å². The topological polar surface area (TPSA) is 129 Å². The zero-order valence-corrected chi connectivity index (χ0v) is 13.7. The molecular formula is C16H15ClN6O2. The van der Waals surface area contributed by atoms with Gasteiger partial charge in [-0.25, -0.2) is 4.98 Å². The molecule has 1 aromatic carbocycles. The highest BCUT2D eigenvalue weighted by molar-refractivity contribution is 6.29. The quantitative estimate of drug-likeness (QED) is 0.431. The molecule has 0 aliphatic rings. The molecule has 2 heterocycles. The van der Waals surface area contributed by atoms with Crippen LogP contribution in [0.1, 0.15) is 15.9 Å². The molecule has 3 rings (SSSR count). The summed E-state index contributed by atoms with van der Waals surface area (Å²) in [5.41, 5.74) is 7.21. The van der Waals surface area contributed by atoms with Crippen molar-refractivity contribution in [3.05, 3.63) is 58.9 Å².